The fraction of sp³-hybridized carbons (Fsp3) is 0.263. The largest absolute Gasteiger partial charge is 0.368 e. The Morgan fingerprint density at radius 3 is 2.59 bits per heavy atom. The molecule has 0 fully saturated rings. The van der Waals surface area contributed by atoms with Crippen LogP contribution >= 0.6 is 0 Å². The van der Waals surface area contributed by atoms with Crippen molar-refractivity contribution in [1.29, 1.82) is 0 Å². The standard InChI is InChI=1S/C19H21N7O3/c1-12-10-13(2)25(24-12)18-11-17(22-14(3)23-18)20-8-9-21-19(27)15-6-4-5-7-16(15)26(28)29/h4-7,10-11H,8-9H2,1-3H3,(H,21,27)(H,20,22,23). The summed E-state index contributed by atoms with van der Waals surface area (Å²) in [5, 5.41) is 21.3. The molecule has 0 aliphatic heterocycles. The maximum atomic E-state index is 12.2. The number of nitro groups is 1. The number of aromatic nitrogens is 4. The Morgan fingerprint density at radius 2 is 1.90 bits per heavy atom. The van der Waals surface area contributed by atoms with Gasteiger partial charge < -0.3 is 10.6 Å². The lowest BCUT2D eigenvalue weighted by atomic mass is 10.1. The highest BCUT2D eigenvalue weighted by atomic mass is 16.6. The fourth-order valence-corrected chi connectivity index (χ4v) is 2.90. The molecule has 1 aromatic carbocycles. The molecule has 0 radical (unpaired) electrons. The number of hydrogen-bond donors (Lipinski definition) is 2. The first-order chi connectivity index (χ1) is 13.8. The molecule has 0 spiro atoms. The van der Waals surface area contributed by atoms with Crippen LogP contribution in [0.4, 0.5) is 11.5 Å². The fourth-order valence-electron chi connectivity index (χ4n) is 2.90. The van der Waals surface area contributed by atoms with E-state index in [1.807, 2.05) is 19.9 Å². The van der Waals surface area contributed by atoms with E-state index in [1.54, 1.807) is 23.7 Å². The number of hydrogen-bond acceptors (Lipinski definition) is 7. The topological polar surface area (TPSA) is 128 Å². The molecule has 10 nitrogen and oxygen atoms in total. The van der Waals surface area contributed by atoms with Gasteiger partial charge in [0.15, 0.2) is 5.82 Å². The summed E-state index contributed by atoms with van der Waals surface area (Å²) in [5.74, 6) is 1.33. The molecule has 150 valence electrons. The quantitative estimate of drug-likeness (QED) is 0.357. The SMILES string of the molecule is Cc1cc(C)n(-c2cc(NCCNC(=O)c3ccccc3[N+](=O)[O-])nc(C)n2)n1. The molecule has 2 N–H and O–H groups in total. The Kier molecular flexibility index (Phi) is 5.82. The maximum absolute atomic E-state index is 12.2. The van der Waals surface area contributed by atoms with Crippen molar-refractivity contribution in [2.24, 2.45) is 0 Å². The van der Waals surface area contributed by atoms with Crippen LogP contribution in [0.25, 0.3) is 5.82 Å². The van der Waals surface area contributed by atoms with Gasteiger partial charge in [-0.3, -0.25) is 14.9 Å². The highest BCUT2D eigenvalue weighted by Gasteiger charge is 2.18. The van der Waals surface area contributed by atoms with E-state index in [-0.39, 0.29) is 17.8 Å². The first kappa shape index (κ1) is 19.9. The smallest absolute Gasteiger partial charge is 0.282 e. The summed E-state index contributed by atoms with van der Waals surface area (Å²) in [6.07, 6.45) is 0. The number of carbonyl (C=O) groups is 1. The second-order valence-corrected chi connectivity index (χ2v) is 6.45. The van der Waals surface area contributed by atoms with Crippen LogP contribution in [0, 0.1) is 30.9 Å². The molecule has 10 heteroatoms. The minimum atomic E-state index is -0.572. The lowest BCUT2D eigenvalue weighted by Gasteiger charge is -2.10. The number of nitrogens with one attached hydrogen (secondary N) is 2. The molecule has 0 unspecified atom stereocenters. The Hall–Kier alpha value is -3.82. The third kappa shape index (κ3) is 4.72. The van der Waals surface area contributed by atoms with Crippen molar-refractivity contribution < 1.29 is 9.72 Å². The molecule has 0 atom stereocenters. The number of nitrogens with zero attached hydrogens (tertiary/aromatic N) is 5. The molecule has 29 heavy (non-hydrogen) atoms. The van der Waals surface area contributed by atoms with E-state index in [0.29, 0.717) is 24.0 Å². The van der Waals surface area contributed by atoms with Gasteiger partial charge in [-0.2, -0.15) is 5.10 Å². The van der Waals surface area contributed by atoms with Crippen molar-refractivity contribution in [3.8, 4) is 5.82 Å². The van der Waals surface area contributed by atoms with Crippen molar-refractivity contribution in [2.45, 2.75) is 20.8 Å². The van der Waals surface area contributed by atoms with Crippen LogP contribution < -0.4 is 10.6 Å². The second-order valence-electron chi connectivity index (χ2n) is 6.45. The zero-order valence-electron chi connectivity index (χ0n) is 16.3. The van der Waals surface area contributed by atoms with Crippen molar-refractivity contribution in [1.82, 2.24) is 25.1 Å². The summed E-state index contributed by atoms with van der Waals surface area (Å²) >= 11 is 0. The zero-order valence-corrected chi connectivity index (χ0v) is 16.3. The maximum Gasteiger partial charge on any atom is 0.282 e. The van der Waals surface area contributed by atoms with Crippen LogP contribution in [0.3, 0.4) is 0 Å². The molecule has 3 rings (SSSR count). The summed E-state index contributed by atoms with van der Waals surface area (Å²) in [6, 6.07) is 9.57. The number of aryl methyl sites for hydroxylation is 3. The normalized spacial score (nSPS) is 10.6. The molecular formula is C19H21N7O3. The Morgan fingerprint density at radius 1 is 1.14 bits per heavy atom. The number of nitro benzene ring substituents is 1. The van der Waals surface area contributed by atoms with Crippen LogP contribution in [0.15, 0.2) is 36.4 Å². The van der Waals surface area contributed by atoms with Crippen LogP contribution in [-0.4, -0.2) is 43.7 Å². The highest BCUT2D eigenvalue weighted by Crippen LogP contribution is 2.17. The molecule has 2 aromatic heterocycles. The van der Waals surface area contributed by atoms with Crippen LogP contribution in [0.2, 0.25) is 0 Å². The molecule has 3 aromatic rings. The van der Waals surface area contributed by atoms with Gasteiger partial charge in [0.2, 0.25) is 0 Å². The van der Waals surface area contributed by atoms with Crippen molar-refractivity contribution in [3.63, 3.8) is 0 Å². The number of rotatable bonds is 7. The first-order valence-electron chi connectivity index (χ1n) is 9.00. The summed E-state index contributed by atoms with van der Waals surface area (Å²) in [4.78, 5) is 31.5. The Bertz CT molecular complexity index is 1060. The van der Waals surface area contributed by atoms with Gasteiger partial charge in [-0.1, -0.05) is 12.1 Å². The minimum absolute atomic E-state index is 0.0298. The van der Waals surface area contributed by atoms with E-state index in [1.165, 1.54) is 18.2 Å². The van der Waals surface area contributed by atoms with Gasteiger partial charge in [0.05, 0.1) is 10.6 Å². The molecule has 2 heterocycles. The number of carbonyl (C=O) groups excluding carboxylic acids is 1. The second kappa shape index (κ2) is 8.46. The summed E-state index contributed by atoms with van der Waals surface area (Å²) in [6.45, 7) is 6.30. The van der Waals surface area contributed by atoms with Gasteiger partial charge in [-0.25, -0.2) is 14.6 Å². The van der Waals surface area contributed by atoms with Gasteiger partial charge in [-0.05, 0) is 32.9 Å². The van der Waals surface area contributed by atoms with E-state index < -0.39 is 10.8 Å². The predicted molar refractivity (Wildman–Crippen MR) is 107 cm³/mol. The lowest BCUT2D eigenvalue weighted by molar-refractivity contribution is -0.385. The number of anilines is 1. The third-order valence-corrected chi connectivity index (χ3v) is 4.11. The van der Waals surface area contributed by atoms with Gasteiger partial charge >= 0.3 is 0 Å². The Labute approximate surface area is 167 Å². The average Bonchev–Trinajstić information content (AvgIpc) is 3.02. The van der Waals surface area contributed by atoms with Gasteiger partial charge in [0.1, 0.15) is 17.2 Å². The molecular weight excluding hydrogens is 374 g/mol. The molecule has 0 saturated heterocycles. The monoisotopic (exact) mass is 395 g/mol. The molecule has 1 amide bonds. The van der Waals surface area contributed by atoms with Crippen LogP contribution in [0.5, 0.6) is 0 Å². The lowest BCUT2D eigenvalue weighted by Crippen LogP contribution is -2.29. The molecule has 0 aliphatic rings. The van der Waals surface area contributed by atoms with E-state index in [2.05, 4.69) is 25.7 Å². The molecule has 0 saturated carbocycles. The number of amides is 1. The number of benzene rings is 1. The first-order valence-corrected chi connectivity index (χ1v) is 9.00. The van der Waals surface area contributed by atoms with Crippen LogP contribution in [-0.2, 0) is 0 Å². The Balaban J connectivity index is 1.62. The molecule has 0 bridgehead atoms. The average molecular weight is 395 g/mol. The molecule has 0 aliphatic carbocycles. The van der Waals surface area contributed by atoms with Crippen molar-refractivity contribution in [2.75, 3.05) is 18.4 Å². The van der Waals surface area contributed by atoms with Crippen molar-refractivity contribution >= 4 is 17.4 Å². The predicted octanol–water partition coefficient (Wildman–Crippen LogP) is 2.34. The van der Waals surface area contributed by atoms with E-state index in [0.717, 1.165) is 11.4 Å². The summed E-state index contributed by atoms with van der Waals surface area (Å²) < 4.78 is 1.74. The third-order valence-electron chi connectivity index (χ3n) is 4.11. The van der Waals surface area contributed by atoms with E-state index in [4.69, 9.17) is 0 Å². The number of para-hydroxylation sites is 1. The van der Waals surface area contributed by atoms with Crippen LogP contribution in [0.1, 0.15) is 27.6 Å². The highest BCUT2D eigenvalue weighted by molar-refractivity contribution is 5.98. The van der Waals surface area contributed by atoms with Crippen molar-refractivity contribution in [3.05, 3.63) is 69.3 Å². The minimum Gasteiger partial charge on any atom is -0.368 e. The van der Waals surface area contributed by atoms with E-state index in [9.17, 15) is 14.9 Å². The zero-order chi connectivity index (χ0) is 21.0. The van der Waals surface area contributed by atoms with Gasteiger partial charge in [0.25, 0.3) is 11.6 Å². The van der Waals surface area contributed by atoms with Gasteiger partial charge in [0, 0.05) is 30.9 Å². The summed E-state index contributed by atoms with van der Waals surface area (Å²) in [5.41, 5.74) is 1.66. The van der Waals surface area contributed by atoms with Gasteiger partial charge in [-0.15, -0.1) is 0 Å². The summed E-state index contributed by atoms with van der Waals surface area (Å²) in [7, 11) is 0. The van der Waals surface area contributed by atoms with E-state index >= 15 is 0 Å².